The van der Waals surface area contributed by atoms with Crippen molar-refractivity contribution in [1.29, 1.82) is 0 Å². The Morgan fingerprint density at radius 1 is 1.29 bits per heavy atom. The van der Waals surface area contributed by atoms with E-state index in [1.54, 1.807) is 0 Å². The first-order chi connectivity index (χ1) is 9.95. The summed E-state index contributed by atoms with van der Waals surface area (Å²) in [5.41, 5.74) is 0. The lowest BCUT2D eigenvalue weighted by atomic mass is 10.1. The largest absolute Gasteiger partial charge is 0.481 e. The Hall–Kier alpha value is -1.63. The number of carbonyl (C=O) groups excluding carboxylic acids is 1. The molecule has 0 aliphatic heterocycles. The van der Waals surface area contributed by atoms with Crippen LogP contribution in [0.15, 0.2) is 23.1 Å². The number of rotatable bonds is 5. The molecule has 1 aromatic carbocycles. The van der Waals surface area contributed by atoms with Gasteiger partial charge in [0, 0.05) is 10.9 Å². The lowest BCUT2D eigenvalue weighted by Crippen LogP contribution is -2.34. The highest BCUT2D eigenvalue weighted by molar-refractivity contribution is 8.00. The number of hydrogen-bond acceptors (Lipinski definition) is 3. The summed E-state index contributed by atoms with van der Waals surface area (Å²) < 4.78 is 25.8. The van der Waals surface area contributed by atoms with E-state index in [1.165, 1.54) is 6.07 Å². The van der Waals surface area contributed by atoms with Crippen LogP contribution in [0.2, 0.25) is 0 Å². The first-order valence-corrected chi connectivity index (χ1v) is 7.54. The second-order valence-corrected chi connectivity index (χ2v) is 6.03. The molecule has 2 N–H and O–H groups in total. The van der Waals surface area contributed by atoms with E-state index in [4.69, 9.17) is 5.11 Å². The molecule has 7 heteroatoms. The molecule has 1 aromatic rings. The van der Waals surface area contributed by atoms with Crippen molar-refractivity contribution in [1.82, 2.24) is 5.32 Å². The number of carbonyl (C=O) groups is 2. The number of hydrogen-bond donors (Lipinski definition) is 2. The van der Waals surface area contributed by atoms with Crippen molar-refractivity contribution in [2.45, 2.75) is 30.2 Å². The minimum atomic E-state index is -0.944. The van der Waals surface area contributed by atoms with E-state index in [-0.39, 0.29) is 17.7 Å². The van der Waals surface area contributed by atoms with Gasteiger partial charge in [-0.15, -0.1) is 11.8 Å². The summed E-state index contributed by atoms with van der Waals surface area (Å²) in [5.74, 6) is -3.24. The molecule has 0 saturated heterocycles. The number of benzene rings is 1. The van der Waals surface area contributed by atoms with Gasteiger partial charge < -0.3 is 10.4 Å². The third-order valence-electron chi connectivity index (χ3n) is 3.41. The minimum Gasteiger partial charge on any atom is -0.481 e. The Bertz CT molecular complexity index is 553. The molecule has 1 amide bonds. The summed E-state index contributed by atoms with van der Waals surface area (Å²) in [6.07, 6.45) is 1.66. The lowest BCUT2D eigenvalue weighted by molar-refractivity contribution is -0.141. The molecule has 1 saturated carbocycles. The zero-order chi connectivity index (χ0) is 15.4. The highest BCUT2D eigenvalue weighted by Crippen LogP contribution is 2.26. The Balaban J connectivity index is 1.77. The van der Waals surface area contributed by atoms with E-state index < -0.39 is 23.5 Å². The van der Waals surface area contributed by atoms with Crippen molar-refractivity contribution < 1.29 is 23.5 Å². The fraction of sp³-hybridized carbons (Fsp3) is 0.429. The fourth-order valence-electron chi connectivity index (χ4n) is 2.32. The summed E-state index contributed by atoms with van der Waals surface area (Å²) in [6.45, 7) is 0. The Kier molecular flexibility index (Phi) is 5.17. The smallest absolute Gasteiger partial charge is 0.306 e. The zero-order valence-electron chi connectivity index (χ0n) is 11.1. The van der Waals surface area contributed by atoms with Crippen molar-refractivity contribution in [3.8, 4) is 0 Å². The quantitative estimate of drug-likeness (QED) is 0.819. The predicted molar refractivity (Wildman–Crippen MR) is 74.0 cm³/mol. The number of thioether (sulfide) groups is 1. The summed E-state index contributed by atoms with van der Waals surface area (Å²) >= 11 is 1.11. The van der Waals surface area contributed by atoms with Crippen LogP contribution in [0.3, 0.4) is 0 Å². The number of halogens is 2. The number of nitrogens with one attached hydrogen (secondary N) is 1. The molecule has 21 heavy (non-hydrogen) atoms. The monoisotopic (exact) mass is 315 g/mol. The maximum absolute atomic E-state index is 13.0. The maximum Gasteiger partial charge on any atom is 0.306 e. The van der Waals surface area contributed by atoms with Crippen molar-refractivity contribution in [3.63, 3.8) is 0 Å². The standard InChI is InChI=1S/C14H15F2NO3S/c15-11-4-3-10(6-12(11)16)21-7-13(18)17-9-2-1-8(5-9)14(19)20/h3-4,6,8-9H,1-2,5,7H2,(H,17,18)(H,19,20)/t8-,9+/m1/s1. The second kappa shape index (κ2) is 6.89. The van der Waals surface area contributed by atoms with E-state index >= 15 is 0 Å². The summed E-state index contributed by atoms with van der Waals surface area (Å²) in [4.78, 5) is 23.0. The topological polar surface area (TPSA) is 66.4 Å². The minimum absolute atomic E-state index is 0.0826. The summed E-state index contributed by atoms with van der Waals surface area (Å²) in [6, 6.07) is 3.35. The van der Waals surface area contributed by atoms with Gasteiger partial charge in [0.2, 0.25) is 5.91 Å². The van der Waals surface area contributed by atoms with Gasteiger partial charge in [-0.1, -0.05) is 0 Å². The van der Waals surface area contributed by atoms with Gasteiger partial charge in [-0.2, -0.15) is 0 Å². The van der Waals surface area contributed by atoms with Gasteiger partial charge in [0.15, 0.2) is 11.6 Å². The fourth-order valence-corrected chi connectivity index (χ4v) is 3.05. The van der Waals surface area contributed by atoms with Gasteiger partial charge in [0.05, 0.1) is 11.7 Å². The van der Waals surface area contributed by atoms with Crippen LogP contribution in [0.4, 0.5) is 8.78 Å². The lowest BCUT2D eigenvalue weighted by Gasteiger charge is -2.12. The Labute approximate surface area is 124 Å². The van der Waals surface area contributed by atoms with Crippen LogP contribution in [-0.4, -0.2) is 28.8 Å². The average molecular weight is 315 g/mol. The molecule has 1 aliphatic rings. The molecule has 0 spiro atoms. The van der Waals surface area contributed by atoms with Crippen molar-refractivity contribution in [2.24, 2.45) is 5.92 Å². The van der Waals surface area contributed by atoms with Crippen LogP contribution < -0.4 is 5.32 Å². The molecule has 0 radical (unpaired) electrons. The van der Waals surface area contributed by atoms with Crippen molar-refractivity contribution in [2.75, 3.05) is 5.75 Å². The van der Waals surface area contributed by atoms with Crippen molar-refractivity contribution in [3.05, 3.63) is 29.8 Å². The van der Waals surface area contributed by atoms with E-state index in [0.717, 1.165) is 23.9 Å². The first-order valence-electron chi connectivity index (χ1n) is 6.55. The predicted octanol–water partition coefficient (Wildman–Crippen LogP) is 2.43. The van der Waals surface area contributed by atoms with Crippen LogP contribution >= 0.6 is 11.8 Å². The molecular formula is C14H15F2NO3S. The Morgan fingerprint density at radius 3 is 2.67 bits per heavy atom. The van der Waals surface area contributed by atoms with Crippen molar-refractivity contribution >= 4 is 23.6 Å². The SMILES string of the molecule is O=C(CSc1ccc(F)c(F)c1)N[C@H]1CC[C@@H](C(=O)O)C1. The molecule has 2 rings (SSSR count). The third kappa shape index (κ3) is 4.42. The number of amides is 1. The molecule has 0 aromatic heterocycles. The maximum atomic E-state index is 13.0. The van der Waals surface area contributed by atoms with Crippen LogP contribution in [-0.2, 0) is 9.59 Å². The number of aliphatic carboxylic acids is 1. The van der Waals surface area contributed by atoms with Crippen LogP contribution in [0.5, 0.6) is 0 Å². The second-order valence-electron chi connectivity index (χ2n) is 4.98. The summed E-state index contributed by atoms with van der Waals surface area (Å²) in [5, 5.41) is 11.7. The molecule has 2 atom stereocenters. The van der Waals surface area contributed by atoms with Crippen LogP contribution in [0.1, 0.15) is 19.3 Å². The van der Waals surface area contributed by atoms with E-state index in [0.29, 0.717) is 24.2 Å². The van der Waals surface area contributed by atoms with Gasteiger partial charge in [-0.25, -0.2) is 8.78 Å². The van der Waals surface area contributed by atoms with Gasteiger partial charge in [-0.3, -0.25) is 9.59 Å². The molecular weight excluding hydrogens is 300 g/mol. The van der Waals surface area contributed by atoms with Gasteiger partial charge in [0.25, 0.3) is 0 Å². The highest BCUT2D eigenvalue weighted by Gasteiger charge is 2.30. The van der Waals surface area contributed by atoms with Gasteiger partial charge >= 0.3 is 5.97 Å². The summed E-state index contributed by atoms with van der Waals surface area (Å²) in [7, 11) is 0. The zero-order valence-corrected chi connectivity index (χ0v) is 12.0. The molecule has 0 unspecified atom stereocenters. The first kappa shape index (κ1) is 15.8. The molecule has 0 bridgehead atoms. The number of carboxylic acid groups (broad SMARTS) is 1. The van der Waals surface area contributed by atoms with E-state index in [1.807, 2.05) is 0 Å². The average Bonchev–Trinajstić information content (AvgIpc) is 2.89. The van der Waals surface area contributed by atoms with Crippen LogP contribution in [0.25, 0.3) is 0 Å². The van der Waals surface area contributed by atoms with Gasteiger partial charge in [0.1, 0.15) is 0 Å². The van der Waals surface area contributed by atoms with E-state index in [2.05, 4.69) is 5.32 Å². The molecule has 1 fully saturated rings. The Morgan fingerprint density at radius 2 is 2.05 bits per heavy atom. The third-order valence-corrected chi connectivity index (χ3v) is 4.40. The van der Waals surface area contributed by atoms with Crippen LogP contribution in [0, 0.1) is 17.6 Å². The van der Waals surface area contributed by atoms with Gasteiger partial charge in [-0.05, 0) is 37.5 Å². The molecule has 1 aliphatic carbocycles. The van der Waals surface area contributed by atoms with E-state index in [9.17, 15) is 18.4 Å². The molecule has 114 valence electrons. The molecule has 0 heterocycles. The normalized spacial score (nSPS) is 21.2. The number of carboxylic acids is 1. The molecule has 4 nitrogen and oxygen atoms in total. The highest BCUT2D eigenvalue weighted by atomic mass is 32.2.